The van der Waals surface area contributed by atoms with Gasteiger partial charge in [0.05, 0.1) is 14.1 Å². The maximum absolute atomic E-state index is 10.9. The molecule has 1 rings (SSSR count). The zero-order valence-corrected chi connectivity index (χ0v) is 7.17. The third kappa shape index (κ3) is 1.47. The van der Waals surface area contributed by atoms with E-state index < -0.39 is 10.0 Å². The summed E-state index contributed by atoms with van der Waals surface area (Å²) in [6.07, 6.45) is 2.76. The third-order valence-electron chi connectivity index (χ3n) is 1.40. The Kier molecular flexibility index (Phi) is 1.62. The van der Waals surface area contributed by atoms with E-state index in [0.29, 0.717) is 0 Å². The lowest BCUT2D eigenvalue weighted by Gasteiger charge is -2.19. The zero-order valence-electron chi connectivity index (χ0n) is 6.35. The van der Waals surface area contributed by atoms with Gasteiger partial charge in [-0.3, -0.25) is 0 Å². The molecule has 0 amide bonds. The summed E-state index contributed by atoms with van der Waals surface area (Å²) in [6.45, 7) is 0. The molecule has 0 unspecified atom stereocenters. The van der Waals surface area contributed by atoms with Crippen molar-refractivity contribution in [1.82, 2.24) is 0 Å². The van der Waals surface area contributed by atoms with Gasteiger partial charge in [0.25, 0.3) is 15.1 Å². The highest BCUT2D eigenvalue weighted by Gasteiger charge is 2.33. The van der Waals surface area contributed by atoms with Crippen LogP contribution in [0.15, 0.2) is 16.2 Å². The van der Waals surface area contributed by atoms with Crippen molar-refractivity contribution in [2.45, 2.75) is 0 Å². The van der Waals surface area contributed by atoms with Crippen LogP contribution in [0.25, 0.3) is 0 Å². The summed E-state index contributed by atoms with van der Waals surface area (Å²) in [5.41, 5.74) is 0. The molecule has 6 heteroatoms. The predicted molar refractivity (Wildman–Crippen MR) is 41.8 cm³/mol. The fourth-order valence-electron chi connectivity index (χ4n) is 0.871. The second-order valence-electron chi connectivity index (χ2n) is 2.82. The van der Waals surface area contributed by atoms with Gasteiger partial charge in [-0.25, -0.2) is 23.0 Å². The molecule has 0 atom stereocenters. The van der Waals surface area contributed by atoms with Crippen LogP contribution in [0.2, 0.25) is 0 Å². The monoisotopic (exact) mass is 176 g/mol. The molecule has 0 spiro atoms. The zero-order chi connectivity index (χ0) is 8.70. The smallest absolute Gasteiger partial charge is 0.241 e. The van der Waals surface area contributed by atoms with E-state index in [4.69, 9.17) is 5.14 Å². The molecule has 11 heavy (non-hydrogen) atoms. The molecule has 62 valence electrons. The summed E-state index contributed by atoms with van der Waals surface area (Å²) >= 11 is 0. The number of quaternary nitrogens is 1. The lowest BCUT2D eigenvalue weighted by atomic mass is 10.7. The molecule has 0 fully saturated rings. The summed E-state index contributed by atoms with van der Waals surface area (Å²) in [4.78, 5) is 3.71. The number of rotatable bonds is 1. The van der Waals surface area contributed by atoms with E-state index in [1.807, 2.05) is 0 Å². The van der Waals surface area contributed by atoms with E-state index in [9.17, 15) is 8.42 Å². The van der Waals surface area contributed by atoms with Crippen LogP contribution >= 0.6 is 0 Å². The second kappa shape index (κ2) is 2.13. The Morgan fingerprint density at radius 2 is 2.09 bits per heavy atom. The lowest BCUT2D eigenvalue weighted by molar-refractivity contribution is -0.738. The van der Waals surface area contributed by atoms with Gasteiger partial charge in [0.1, 0.15) is 6.20 Å². The maximum atomic E-state index is 10.9. The molecule has 1 aliphatic heterocycles. The minimum atomic E-state index is -3.60. The molecular formula is C5H10N3O2S+. The van der Waals surface area contributed by atoms with Gasteiger partial charge in [-0.15, -0.1) is 0 Å². The van der Waals surface area contributed by atoms with Crippen molar-refractivity contribution in [3.8, 4) is 0 Å². The Morgan fingerprint density at radius 3 is 2.27 bits per heavy atom. The predicted octanol–water partition coefficient (Wildman–Crippen LogP) is -0.808. The van der Waals surface area contributed by atoms with Crippen molar-refractivity contribution < 1.29 is 12.9 Å². The van der Waals surface area contributed by atoms with Crippen molar-refractivity contribution >= 4 is 16.4 Å². The van der Waals surface area contributed by atoms with E-state index in [-0.39, 0.29) is 9.51 Å². The number of hydrogen-bond donors (Lipinski definition) is 1. The summed E-state index contributed by atoms with van der Waals surface area (Å²) in [5.74, 6) is 0. The Balaban J connectivity index is 3.15. The van der Waals surface area contributed by atoms with E-state index in [0.717, 1.165) is 0 Å². The van der Waals surface area contributed by atoms with Gasteiger partial charge in [-0.1, -0.05) is 0 Å². The first-order valence-electron chi connectivity index (χ1n) is 2.95. The maximum Gasteiger partial charge on any atom is 0.290 e. The summed E-state index contributed by atoms with van der Waals surface area (Å²) in [7, 11) is -0.227. The molecule has 0 saturated carbocycles. The molecule has 2 N–H and O–H groups in total. The molecule has 0 aromatic rings. The standard InChI is InChI=1S/C5H10N3O2S/c1-8(2)4-7-3-5(8)11(6,9)10/h3-4H,1-2H3,(H2,6,9,10)/q+1. The molecule has 0 aliphatic carbocycles. The molecule has 1 aliphatic rings. The van der Waals surface area contributed by atoms with Crippen molar-refractivity contribution in [3.63, 3.8) is 0 Å². The first-order valence-corrected chi connectivity index (χ1v) is 4.50. The number of hydrogen-bond acceptors (Lipinski definition) is 3. The van der Waals surface area contributed by atoms with E-state index in [2.05, 4.69) is 4.99 Å². The fourth-order valence-corrected chi connectivity index (χ4v) is 1.78. The quantitative estimate of drug-likeness (QED) is 0.531. The lowest BCUT2D eigenvalue weighted by Crippen LogP contribution is -2.40. The summed E-state index contributed by atoms with van der Waals surface area (Å²) < 4.78 is 21.8. The Morgan fingerprint density at radius 1 is 1.55 bits per heavy atom. The SMILES string of the molecule is C[N+]1(C)C=NC=C1S(N)(=O)=O. The highest BCUT2D eigenvalue weighted by atomic mass is 32.2. The van der Waals surface area contributed by atoms with Crippen LogP contribution in [-0.2, 0) is 10.0 Å². The first-order chi connectivity index (χ1) is 4.84. The van der Waals surface area contributed by atoms with Crippen LogP contribution in [-0.4, -0.2) is 33.3 Å². The normalized spacial score (nSPS) is 21.9. The van der Waals surface area contributed by atoms with Gasteiger partial charge in [0.2, 0.25) is 0 Å². The minimum Gasteiger partial charge on any atom is -0.241 e. The minimum absolute atomic E-state index is 0.0822. The molecule has 1 heterocycles. The van der Waals surface area contributed by atoms with Crippen molar-refractivity contribution in [3.05, 3.63) is 11.2 Å². The Labute approximate surface area is 65.5 Å². The van der Waals surface area contributed by atoms with E-state index >= 15 is 0 Å². The van der Waals surface area contributed by atoms with Crippen LogP contribution in [0, 0.1) is 0 Å². The third-order valence-corrected chi connectivity index (χ3v) is 2.56. The van der Waals surface area contributed by atoms with Crippen LogP contribution in [0.5, 0.6) is 0 Å². The van der Waals surface area contributed by atoms with Crippen LogP contribution in [0.3, 0.4) is 0 Å². The van der Waals surface area contributed by atoms with Crippen molar-refractivity contribution in [2.75, 3.05) is 14.1 Å². The molecule has 0 radical (unpaired) electrons. The molecule has 0 aromatic carbocycles. The molecule has 0 saturated heterocycles. The van der Waals surface area contributed by atoms with Gasteiger partial charge in [0, 0.05) is 0 Å². The Bertz CT molecular complexity index is 326. The Hall–Kier alpha value is -0.720. The van der Waals surface area contributed by atoms with Gasteiger partial charge < -0.3 is 0 Å². The number of aliphatic imine (C=N–C) groups is 1. The van der Waals surface area contributed by atoms with Gasteiger partial charge in [0.15, 0.2) is 6.34 Å². The van der Waals surface area contributed by atoms with Gasteiger partial charge in [-0.05, 0) is 0 Å². The number of nitrogens with zero attached hydrogens (tertiary/aromatic N) is 2. The van der Waals surface area contributed by atoms with Crippen molar-refractivity contribution in [2.24, 2.45) is 10.1 Å². The van der Waals surface area contributed by atoms with Crippen LogP contribution < -0.4 is 5.14 Å². The van der Waals surface area contributed by atoms with Crippen LogP contribution in [0.1, 0.15) is 0 Å². The number of primary sulfonamides is 1. The summed E-state index contributed by atoms with van der Waals surface area (Å²) in [6, 6.07) is 0. The fraction of sp³-hybridized carbons (Fsp3) is 0.400. The highest BCUT2D eigenvalue weighted by Crippen LogP contribution is 2.17. The molecule has 0 bridgehead atoms. The second-order valence-corrected chi connectivity index (χ2v) is 4.33. The van der Waals surface area contributed by atoms with E-state index in [1.165, 1.54) is 12.5 Å². The highest BCUT2D eigenvalue weighted by molar-refractivity contribution is 7.92. The molecular weight excluding hydrogens is 166 g/mol. The first kappa shape index (κ1) is 8.38. The largest absolute Gasteiger partial charge is 0.290 e. The average molecular weight is 176 g/mol. The van der Waals surface area contributed by atoms with E-state index in [1.54, 1.807) is 14.1 Å². The topological polar surface area (TPSA) is 72.5 Å². The van der Waals surface area contributed by atoms with Crippen molar-refractivity contribution in [1.29, 1.82) is 0 Å². The van der Waals surface area contributed by atoms with Gasteiger partial charge >= 0.3 is 0 Å². The van der Waals surface area contributed by atoms with Crippen LogP contribution in [0.4, 0.5) is 0 Å². The molecule has 5 nitrogen and oxygen atoms in total. The summed E-state index contributed by atoms with van der Waals surface area (Å²) in [5, 5.41) is 5.03. The molecule has 0 aromatic heterocycles. The number of nitrogens with two attached hydrogens (primary N) is 1. The van der Waals surface area contributed by atoms with Gasteiger partial charge in [-0.2, -0.15) is 0 Å². The average Bonchev–Trinajstić information content (AvgIpc) is 2.06. The number of sulfonamides is 1.